The van der Waals surface area contributed by atoms with Crippen LogP contribution in [0.1, 0.15) is 36.3 Å². The number of carbonyl (C=O) groups is 1. The Bertz CT molecular complexity index is 557. The number of ether oxygens (including phenoxy) is 1. The molecular formula is C16H23N3O2S. The highest BCUT2D eigenvalue weighted by Crippen LogP contribution is 2.35. The van der Waals surface area contributed by atoms with Gasteiger partial charge in [-0.3, -0.25) is 9.69 Å². The van der Waals surface area contributed by atoms with Crippen molar-refractivity contribution in [2.45, 2.75) is 57.3 Å². The average molecular weight is 321 g/mol. The number of hydrogen-bond donors (Lipinski definition) is 1. The fourth-order valence-corrected chi connectivity index (χ4v) is 4.61. The molecule has 0 aromatic carbocycles. The van der Waals surface area contributed by atoms with E-state index in [1.54, 1.807) is 11.3 Å². The first-order valence-corrected chi connectivity index (χ1v) is 9.15. The monoisotopic (exact) mass is 321 g/mol. The van der Waals surface area contributed by atoms with Gasteiger partial charge in [-0.1, -0.05) is 0 Å². The van der Waals surface area contributed by atoms with Gasteiger partial charge in [-0.05, 0) is 32.6 Å². The van der Waals surface area contributed by atoms with E-state index in [9.17, 15) is 4.79 Å². The molecule has 4 rings (SSSR count). The van der Waals surface area contributed by atoms with E-state index < -0.39 is 0 Å². The van der Waals surface area contributed by atoms with Crippen molar-refractivity contribution in [2.75, 3.05) is 13.2 Å². The number of nitrogens with zero attached hydrogens (tertiary/aromatic N) is 2. The number of thiazole rings is 1. The maximum atomic E-state index is 12.6. The van der Waals surface area contributed by atoms with Crippen LogP contribution in [-0.4, -0.2) is 47.1 Å². The second-order valence-corrected chi connectivity index (χ2v) is 7.66. The lowest BCUT2D eigenvalue weighted by Gasteiger charge is -2.28. The summed E-state index contributed by atoms with van der Waals surface area (Å²) in [4.78, 5) is 20.7. The number of carbonyl (C=O) groups excluding carboxylic acids is 1. The maximum Gasteiger partial charge on any atom is 0.227 e. The molecule has 0 bridgehead atoms. The number of amides is 1. The molecule has 1 aromatic heterocycles. The van der Waals surface area contributed by atoms with Gasteiger partial charge >= 0.3 is 0 Å². The second-order valence-electron chi connectivity index (χ2n) is 6.72. The van der Waals surface area contributed by atoms with Gasteiger partial charge in [0.25, 0.3) is 0 Å². The fourth-order valence-electron chi connectivity index (χ4n) is 3.80. The van der Waals surface area contributed by atoms with Crippen LogP contribution in [0.15, 0.2) is 5.51 Å². The maximum absolute atomic E-state index is 12.6. The Balaban J connectivity index is 1.45. The van der Waals surface area contributed by atoms with Crippen molar-refractivity contribution in [2.24, 2.45) is 5.92 Å². The number of aryl methyl sites for hydroxylation is 1. The van der Waals surface area contributed by atoms with E-state index in [1.165, 1.54) is 11.3 Å². The minimum atomic E-state index is -0.0127. The van der Waals surface area contributed by atoms with Gasteiger partial charge in [0.05, 0.1) is 23.2 Å². The molecule has 3 fully saturated rings. The largest absolute Gasteiger partial charge is 0.376 e. The topological polar surface area (TPSA) is 54.5 Å². The standard InChI is InChI=1S/C16H23N3O2S/c1-10-14(22-9-17-10)8-19-7-12(15-13(19)5-6-21-15)16(20)18-11-3-2-4-11/h9,11-13,15H,2-8H2,1H3,(H,18,20)/t12-,13+,15+/m0/s1. The molecule has 0 radical (unpaired) electrons. The minimum Gasteiger partial charge on any atom is -0.376 e. The number of aromatic nitrogens is 1. The van der Waals surface area contributed by atoms with Gasteiger partial charge in [0.1, 0.15) is 0 Å². The third-order valence-corrected chi connectivity index (χ3v) is 6.30. The lowest BCUT2D eigenvalue weighted by molar-refractivity contribution is -0.128. The SMILES string of the molecule is Cc1ncsc1CN1C[C@H](C(=O)NC2CCC2)[C@H]2OCC[C@H]21. The molecule has 3 heterocycles. The summed E-state index contributed by atoms with van der Waals surface area (Å²) in [6, 6.07) is 0.795. The average Bonchev–Trinajstić information content (AvgIpc) is 3.13. The van der Waals surface area contributed by atoms with Crippen LogP contribution in [0.25, 0.3) is 0 Å². The molecule has 1 N–H and O–H groups in total. The smallest absolute Gasteiger partial charge is 0.227 e. The van der Waals surface area contributed by atoms with Crippen molar-refractivity contribution >= 4 is 17.2 Å². The third kappa shape index (κ3) is 2.57. The van der Waals surface area contributed by atoms with E-state index in [0.29, 0.717) is 12.1 Å². The molecule has 1 amide bonds. The lowest BCUT2D eigenvalue weighted by Crippen LogP contribution is -2.45. The first-order chi connectivity index (χ1) is 10.7. The van der Waals surface area contributed by atoms with Crippen LogP contribution in [0.3, 0.4) is 0 Å². The van der Waals surface area contributed by atoms with E-state index in [2.05, 4.69) is 22.1 Å². The first-order valence-electron chi connectivity index (χ1n) is 8.27. The van der Waals surface area contributed by atoms with Crippen LogP contribution in [-0.2, 0) is 16.1 Å². The molecule has 22 heavy (non-hydrogen) atoms. The number of hydrogen-bond acceptors (Lipinski definition) is 5. The zero-order chi connectivity index (χ0) is 15.1. The van der Waals surface area contributed by atoms with Crippen LogP contribution in [0.4, 0.5) is 0 Å². The lowest BCUT2D eigenvalue weighted by atomic mass is 9.92. The fraction of sp³-hybridized carbons (Fsp3) is 0.750. The van der Waals surface area contributed by atoms with E-state index in [1.807, 2.05) is 5.51 Å². The highest BCUT2D eigenvalue weighted by atomic mass is 32.1. The van der Waals surface area contributed by atoms with Crippen molar-refractivity contribution < 1.29 is 9.53 Å². The second kappa shape index (κ2) is 5.91. The molecule has 2 saturated heterocycles. The molecule has 6 heteroatoms. The Morgan fingerprint density at radius 2 is 2.36 bits per heavy atom. The van der Waals surface area contributed by atoms with Crippen molar-refractivity contribution in [3.63, 3.8) is 0 Å². The highest BCUT2D eigenvalue weighted by Gasteiger charge is 2.49. The minimum absolute atomic E-state index is 0.0127. The summed E-state index contributed by atoms with van der Waals surface area (Å²) in [5, 5.41) is 3.21. The van der Waals surface area contributed by atoms with Crippen molar-refractivity contribution in [1.29, 1.82) is 0 Å². The molecule has 3 atom stereocenters. The van der Waals surface area contributed by atoms with Gasteiger partial charge in [-0.2, -0.15) is 0 Å². The molecule has 1 aliphatic carbocycles. The van der Waals surface area contributed by atoms with Gasteiger partial charge in [-0.25, -0.2) is 4.98 Å². The van der Waals surface area contributed by atoms with Crippen LogP contribution < -0.4 is 5.32 Å². The summed E-state index contributed by atoms with van der Waals surface area (Å²) >= 11 is 1.71. The predicted molar refractivity (Wildman–Crippen MR) is 84.7 cm³/mol. The number of rotatable bonds is 4. The predicted octanol–water partition coefficient (Wildman–Crippen LogP) is 1.71. The number of fused-ring (bicyclic) bond motifs is 1. The Labute approximate surface area is 135 Å². The molecule has 0 unspecified atom stereocenters. The van der Waals surface area contributed by atoms with E-state index in [0.717, 1.165) is 44.7 Å². The van der Waals surface area contributed by atoms with Crippen LogP contribution in [0.5, 0.6) is 0 Å². The molecule has 1 saturated carbocycles. The third-order valence-electron chi connectivity index (χ3n) is 5.38. The highest BCUT2D eigenvalue weighted by molar-refractivity contribution is 7.09. The quantitative estimate of drug-likeness (QED) is 0.917. The molecule has 3 aliphatic rings. The molecular weight excluding hydrogens is 298 g/mol. The van der Waals surface area contributed by atoms with Gasteiger partial charge in [0.2, 0.25) is 5.91 Å². The summed E-state index contributed by atoms with van der Waals surface area (Å²) in [7, 11) is 0. The summed E-state index contributed by atoms with van der Waals surface area (Å²) in [5.74, 6) is 0.187. The number of nitrogens with one attached hydrogen (secondary N) is 1. The normalized spacial score (nSPS) is 32.0. The van der Waals surface area contributed by atoms with E-state index in [4.69, 9.17) is 4.74 Å². The number of likely N-dealkylation sites (tertiary alicyclic amines) is 1. The molecule has 1 aromatic rings. The summed E-state index contributed by atoms with van der Waals surface area (Å²) in [6.07, 6.45) is 4.63. The molecule has 120 valence electrons. The van der Waals surface area contributed by atoms with E-state index in [-0.39, 0.29) is 17.9 Å². The Hall–Kier alpha value is -0.980. The van der Waals surface area contributed by atoms with Crippen molar-refractivity contribution in [1.82, 2.24) is 15.2 Å². The van der Waals surface area contributed by atoms with E-state index >= 15 is 0 Å². The van der Waals surface area contributed by atoms with Crippen LogP contribution in [0.2, 0.25) is 0 Å². The van der Waals surface area contributed by atoms with Gasteiger partial charge in [0, 0.05) is 36.7 Å². The van der Waals surface area contributed by atoms with Crippen molar-refractivity contribution in [3.05, 3.63) is 16.1 Å². The van der Waals surface area contributed by atoms with Gasteiger partial charge < -0.3 is 10.1 Å². The Morgan fingerprint density at radius 3 is 3.05 bits per heavy atom. The summed E-state index contributed by atoms with van der Waals surface area (Å²) < 4.78 is 5.91. The van der Waals surface area contributed by atoms with Crippen LogP contribution >= 0.6 is 11.3 Å². The summed E-state index contributed by atoms with van der Waals surface area (Å²) in [5.41, 5.74) is 3.02. The Kier molecular flexibility index (Phi) is 3.92. The first kappa shape index (κ1) is 14.6. The summed E-state index contributed by atoms with van der Waals surface area (Å²) in [6.45, 7) is 4.55. The molecule has 5 nitrogen and oxygen atoms in total. The van der Waals surface area contributed by atoms with Gasteiger partial charge in [-0.15, -0.1) is 11.3 Å². The van der Waals surface area contributed by atoms with Gasteiger partial charge in [0.15, 0.2) is 0 Å². The molecule has 0 spiro atoms. The van der Waals surface area contributed by atoms with Crippen LogP contribution in [0, 0.1) is 12.8 Å². The Morgan fingerprint density at radius 1 is 1.50 bits per heavy atom. The zero-order valence-electron chi connectivity index (χ0n) is 13.0. The molecule has 2 aliphatic heterocycles. The van der Waals surface area contributed by atoms with Crippen molar-refractivity contribution in [3.8, 4) is 0 Å². The zero-order valence-corrected chi connectivity index (χ0v) is 13.8.